The third kappa shape index (κ3) is 5.52. The zero-order valence-electron chi connectivity index (χ0n) is 19.7. The number of nitrogens with one attached hydrogen (secondary N) is 1. The molecule has 1 aliphatic heterocycles. The van der Waals surface area contributed by atoms with Crippen LogP contribution in [0.3, 0.4) is 0 Å². The van der Waals surface area contributed by atoms with Crippen molar-refractivity contribution < 1.29 is 9.59 Å². The molecule has 2 amide bonds. The van der Waals surface area contributed by atoms with Crippen LogP contribution >= 0.6 is 0 Å². The molecule has 172 valence electrons. The normalized spacial score (nSPS) is 14.7. The van der Waals surface area contributed by atoms with Crippen LogP contribution in [0.5, 0.6) is 0 Å². The van der Waals surface area contributed by atoms with Crippen LogP contribution in [0.2, 0.25) is 0 Å². The summed E-state index contributed by atoms with van der Waals surface area (Å²) in [6.45, 7) is 9.83. The van der Waals surface area contributed by atoms with Crippen molar-refractivity contribution in [2.24, 2.45) is 0 Å². The van der Waals surface area contributed by atoms with Gasteiger partial charge in [-0.25, -0.2) is 0 Å². The Labute approximate surface area is 195 Å². The summed E-state index contributed by atoms with van der Waals surface area (Å²) in [7, 11) is 0. The average Bonchev–Trinajstić information content (AvgIpc) is 2.98. The van der Waals surface area contributed by atoms with Crippen LogP contribution in [0.15, 0.2) is 60.7 Å². The monoisotopic (exact) mass is 444 g/mol. The summed E-state index contributed by atoms with van der Waals surface area (Å²) in [5.74, 6) is 0.0358. The van der Waals surface area contributed by atoms with Crippen LogP contribution < -0.4 is 5.32 Å². The van der Waals surface area contributed by atoms with Gasteiger partial charge in [-0.3, -0.25) is 14.5 Å². The fourth-order valence-electron chi connectivity index (χ4n) is 4.50. The number of carbonyl (C=O) groups excluding carboxylic acids is 2. The van der Waals surface area contributed by atoms with Gasteiger partial charge in [-0.1, -0.05) is 12.1 Å². The molecule has 0 spiro atoms. The molecule has 0 atom stereocenters. The van der Waals surface area contributed by atoms with Crippen LogP contribution in [0.25, 0.3) is 5.69 Å². The number of aromatic nitrogens is 1. The summed E-state index contributed by atoms with van der Waals surface area (Å²) in [6.07, 6.45) is 0.954. The van der Waals surface area contributed by atoms with Crippen molar-refractivity contribution >= 4 is 17.5 Å². The first-order chi connectivity index (χ1) is 15.9. The summed E-state index contributed by atoms with van der Waals surface area (Å²) >= 11 is 0. The smallest absolute Gasteiger partial charge is 0.253 e. The first kappa shape index (κ1) is 22.8. The van der Waals surface area contributed by atoms with Crippen molar-refractivity contribution in [3.05, 3.63) is 83.2 Å². The maximum absolute atomic E-state index is 13.1. The van der Waals surface area contributed by atoms with Gasteiger partial charge in [0, 0.05) is 68.0 Å². The number of rotatable bonds is 5. The molecule has 0 aliphatic carbocycles. The minimum absolute atomic E-state index is 0.0652. The minimum Gasteiger partial charge on any atom is -0.337 e. The van der Waals surface area contributed by atoms with E-state index in [-0.39, 0.29) is 11.8 Å². The Morgan fingerprint density at radius 1 is 0.818 bits per heavy atom. The molecule has 1 N–H and O–H groups in total. The van der Waals surface area contributed by atoms with Crippen molar-refractivity contribution in [1.29, 1.82) is 0 Å². The van der Waals surface area contributed by atoms with Crippen molar-refractivity contribution in [3.8, 4) is 5.69 Å². The van der Waals surface area contributed by atoms with E-state index in [4.69, 9.17) is 0 Å². The molecule has 6 heteroatoms. The summed E-state index contributed by atoms with van der Waals surface area (Å²) in [6, 6.07) is 20.1. The molecule has 1 fully saturated rings. The molecule has 6 nitrogen and oxygen atoms in total. The number of hydrogen-bond donors (Lipinski definition) is 1. The van der Waals surface area contributed by atoms with E-state index < -0.39 is 0 Å². The second-order valence-electron chi connectivity index (χ2n) is 8.80. The lowest BCUT2D eigenvalue weighted by Crippen LogP contribution is -2.35. The fraction of sp³-hybridized carbons (Fsp3) is 0.333. The SMILES string of the molecule is CC(=O)Nc1ccc(CN2CCCN(C(=O)c3ccc(-n4c(C)ccc4C)cc3)CC2)cc1. The van der Waals surface area contributed by atoms with E-state index in [1.165, 1.54) is 23.9 Å². The van der Waals surface area contributed by atoms with Gasteiger partial charge in [0.15, 0.2) is 0 Å². The standard InChI is InChI=1S/C27H32N4O2/c1-20-5-6-21(2)31(20)26-13-9-24(10-14-26)27(33)30-16-4-15-29(17-18-30)19-23-7-11-25(12-8-23)28-22(3)32/h5-14H,4,15-19H2,1-3H3,(H,28,32). The Kier molecular flexibility index (Phi) is 6.94. The van der Waals surface area contributed by atoms with Crippen LogP contribution in [-0.4, -0.2) is 52.4 Å². The van der Waals surface area contributed by atoms with Crippen molar-refractivity contribution in [2.45, 2.75) is 33.7 Å². The summed E-state index contributed by atoms with van der Waals surface area (Å²) in [5, 5.41) is 2.80. The Hall–Kier alpha value is -3.38. The number of hydrogen-bond acceptors (Lipinski definition) is 3. The highest BCUT2D eigenvalue weighted by molar-refractivity contribution is 5.94. The molecule has 33 heavy (non-hydrogen) atoms. The second-order valence-corrected chi connectivity index (χ2v) is 8.80. The van der Waals surface area contributed by atoms with Gasteiger partial charge in [-0.05, 0) is 74.4 Å². The molecule has 3 aromatic rings. The van der Waals surface area contributed by atoms with Crippen molar-refractivity contribution in [3.63, 3.8) is 0 Å². The Balaban J connectivity index is 1.35. The van der Waals surface area contributed by atoms with Gasteiger partial charge >= 0.3 is 0 Å². The zero-order chi connectivity index (χ0) is 23.4. The maximum atomic E-state index is 13.1. The van der Waals surface area contributed by atoms with Gasteiger partial charge in [0.05, 0.1) is 0 Å². The highest BCUT2D eigenvalue weighted by Crippen LogP contribution is 2.19. The molecule has 0 bridgehead atoms. The number of benzene rings is 2. The predicted octanol–water partition coefficient (Wildman–Crippen LogP) is 4.40. The quantitative estimate of drug-likeness (QED) is 0.635. The molecule has 1 aliphatic rings. The number of carbonyl (C=O) groups is 2. The molecule has 1 aromatic heterocycles. The van der Waals surface area contributed by atoms with Crippen LogP contribution in [0.1, 0.15) is 40.7 Å². The lowest BCUT2D eigenvalue weighted by molar-refractivity contribution is -0.114. The van der Waals surface area contributed by atoms with Crippen LogP contribution in [0, 0.1) is 13.8 Å². The summed E-state index contributed by atoms with van der Waals surface area (Å²) < 4.78 is 2.20. The highest BCUT2D eigenvalue weighted by atomic mass is 16.2. The third-order valence-corrected chi connectivity index (χ3v) is 6.20. The average molecular weight is 445 g/mol. The molecule has 2 aromatic carbocycles. The zero-order valence-corrected chi connectivity index (χ0v) is 19.7. The van der Waals surface area contributed by atoms with Gasteiger partial charge < -0.3 is 14.8 Å². The second kappa shape index (κ2) is 10.0. The fourth-order valence-corrected chi connectivity index (χ4v) is 4.50. The Morgan fingerprint density at radius 3 is 2.12 bits per heavy atom. The van der Waals surface area contributed by atoms with E-state index in [2.05, 4.69) is 52.9 Å². The molecular weight excluding hydrogens is 412 g/mol. The van der Waals surface area contributed by atoms with E-state index in [0.717, 1.165) is 56.1 Å². The Morgan fingerprint density at radius 2 is 1.48 bits per heavy atom. The van der Waals surface area contributed by atoms with Gasteiger partial charge in [0.2, 0.25) is 5.91 Å². The van der Waals surface area contributed by atoms with Gasteiger partial charge in [0.25, 0.3) is 5.91 Å². The van der Waals surface area contributed by atoms with E-state index in [1.54, 1.807) is 0 Å². The van der Waals surface area contributed by atoms with E-state index in [9.17, 15) is 9.59 Å². The minimum atomic E-state index is -0.0652. The third-order valence-electron chi connectivity index (χ3n) is 6.20. The van der Waals surface area contributed by atoms with E-state index in [1.807, 2.05) is 41.3 Å². The van der Waals surface area contributed by atoms with Crippen molar-refractivity contribution in [1.82, 2.24) is 14.4 Å². The number of nitrogens with zero attached hydrogens (tertiary/aromatic N) is 3. The number of amides is 2. The molecule has 0 saturated carbocycles. The summed E-state index contributed by atoms with van der Waals surface area (Å²) in [5.41, 5.74) is 6.20. The molecule has 2 heterocycles. The lowest BCUT2D eigenvalue weighted by Gasteiger charge is -2.22. The molecule has 4 rings (SSSR count). The number of anilines is 1. The van der Waals surface area contributed by atoms with E-state index in [0.29, 0.717) is 0 Å². The van der Waals surface area contributed by atoms with Gasteiger partial charge in [0.1, 0.15) is 0 Å². The highest BCUT2D eigenvalue weighted by Gasteiger charge is 2.20. The predicted molar refractivity (Wildman–Crippen MR) is 132 cm³/mol. The van der Waals surface area contributed by atoms with Crippen molar-refractivity contribution in [2.75, 3.05) is 31.5 Å². The van der Waals surface area contributed by atoms with Gasteiger partial charge in [-0.15, -0.1) is 0 Å². The first-order valence-corrected chi connectivity index (χ1v) is 11.5. The van der Waals surface area contributed by atoms with Crippen LogP contribution in [0.4, 0.5) is 5.69 Å². The van der Waals surface area contributed by atoms with Gasteiger partial charge in [-0.2, -0.15) is 0 Å². The first-order valence-electron chi connectivity index (χ1n) is 11.5. The molecule has 1 saturated heterocycles. The topological polar surface area (TPSA) is 57.6 Å². The molecule has 0 unspecified atom stereocenters. The maximum Gasteiger partial charge on any atom is 0.253 e. The molecule has 0 radical (unpaired) electrons. The van der Waals surface area contributed by atoms with E-state index >= 15 is 0 Å². The largest absolute Gasteiger partial charge is 0.337 e. The number of aryl methyl sites for hydroxylation is 2. The van der Waals surface area contributed by atoms with Crippen LogP contribution in [-0.2, 0) is 11.3 Å². The Bertz CT molecular complexity index is 1100. The summed E-state index contributed by atoms with van der Waals surface area (Å²) in [4.78, 5) is 28.7. The lowest BCUT2D eigenvalue weighted by atomic mass is 10.1. The molecular formula is C27H32N4O2.